The van der Waals surface area contributed by atoms with Crippen LogP contribution < -0.4 is 10.1 Å². The summed E-state index contributed by atoms with van der Waals surface area (Å²) in [4.78, 5) is 0. The summed E-state index contributed by atoms with van der Waals surface area (Å²) in [6.45, 7) is 2.46. The van der Waals surface area contributed by atoms with Crippen LogP contribution >= 0.6 is 0 Å². The van der Waals surface area contributed by atoms with E-state index in [1.54, 1.807) is 12.1 Å². The zero-order chi connectivity index (χ0) is 13.1. The molecule has 3 heteroatoms. The molecule has 19 heavy (non-hydrogen) atoms. The molecule has 0 amide bonds. The third kappa shape index (κ3) is 2.76. The predicted octanol–water partition coefficient (Wildman–Crippen LogP) is 3.05. The van der Waals surface area contributed by atoms with E-state index in [0.29, 0.717) is 12.4 Å². The van der Waals surface area contributed by atoms with Crippen molar-refractivity contribution in [3.63, 3.8) is 0 Å². The molecule has 1 N–H and O–H groups in total. The predicted molar refractivity (Wildman–Crippen MR) is 72.6 cm³/mol. The molecular formula is C16H16FNO. The summed E-state index contributed by atoms with van der Waals surface area (Å²) in [5.41, 5.74) is 3.95. The van der Waals surface area contributed by atoms with Gasteiger partial charge < -0.3 is 10.1 Å². The molecule has 0 spiro atoms. The van der Waals surface area contributed by atoms with Crippen LogP contribution in [0.4, 0.5) is 4.39 Å². The highest BCUT2D eigenvalue weighted by molar-refractivity contribution is 5.37. The minimum absolute atomic E-state index is 0.242. The molecule has 1 aliphatic heterocycles. The number of rotatable bonds is 3. The van der Waals surface area contributed by atoms with Gasteiger partial charge in [0.05, 0.1) is 0 Å². The maximum absolute atomic E-state index is 12.8. The van der Waals surface area contributed by atoms with E-state index in [-0.39, 0.29) is 5.82 Å². The van der Waals surface area contributed by atoms with E-state index in [1.165, 1.54) is 28.8 Å². The topological polar surface area (TPSA) is 21.3 Å². The number of hydrogen-bond donors (Lipinski definition) is 1. The molecule has 0 bridgehead atoms. The van der Waals surface area contributed by atoms with Crippen molar-refractivity contribution in [1.82, 2.24) is 5.32 Å². The first-order chi connectivity index (χ1) is 9.33. The van der Waals surface area contributed by atoms with Gasteiger partial charge in [-0.1, -0.05) is 18.2 Å². The molecule has 0 aromatic heterocycles. The van der Waals surface area contributed by atoms with Gasteiger partial charge in [-0.2, -0.15) is 0 Å². The fourth-order valence-electron chi connectivity index (χ4n) is 2.41. The Balaban J connectivity index is 1.75. The second kappa shape index (κ2) is 5.41. The molecule has 0 saturated carbocycles. The Morgan fingerprint density at radius 1 is 1.11 bits per heavy atom. The lowest BCUT2D eigenvalue weighted by atomic mass is 9.96. The van der Waals surface area contributed by atoms with Gasteiger partial charge in [0.2, 0.25) is 0 Å². The third-order valence-corrected chi connectivity index (χ3v) is 3.45. The summed E-state index contributed by atoms with van der Waals surface area (Å²) in [7, 11) is 0. The summed E-state index contributed by atoms with van der Waals surface area (Å²) < 4.78 is 18.5. The molecule has 3 rings (SSSR count). The van der Waals surface area contributed by atoms with Crippen molar-refractivity contribution in [3.8, 4) is 5.75 Å². The van der Waals surface area contributed by atoms with E-state index < -0.39 is 0 Å². The van der Waals surface area contributed by atoms with Crippen molar-refractivity contribution in [2.24, 2.45) is 0 Å². The van der Waals surface area contributed by atoms with Gasteiger partial charge in [0, 0.05) is 6.54 Å². The van der Waals surface area contributed by atoms with Crippen LogP contribution in [0.3, 0.4) is 0 Å². The lowest BCUT2D eigenvalue weighted by Gasteiger charge is -2.20. The van der Waals surface area contributed by atoms with Crippen LogP contribution in [0.2, 0.25) is 0 Å². The van der Waals surface area contributed by atoms with Crippen molar-refractivity contribution >= 4 is 0 Å². The van der Waals surface area contributed by atoms with E-state index in [0.717, 1.165) is 19.5 Å². The van der Waals surface area contributed by atoms with E-state index in [9.17, 15) is 4.39 Å². The SMILES string of the molecule is Fc1ccc(OCc2cccc3c2CNCC3)cc1. The van der Waals surface area contributed by atoms with Gasteiger partial charge in [0.1, 0.15) is 18.2 Å². The zero-order valence-corrected chi connectivity index (χ0v) is 10.7. The molecule has 0 aliphatic carbocycles. The number of hydrogen-bond acceptors (Lipinski definition) is 2. The van der Waals surface area contributed by atoms with Crippen LogP contribution in [-0.4, -0.2) is 6.54 Å². The molecule has 1 heterocycles. The molecular weight excluding hydrogens is 241 g/mol. The maximum Gasteiger partial charge on any atom is 0.123 e. The molecule has 0 atom stereocenters. The Kier molecular flexibility index (Phi) is 3.47. The van der Waals surface area contributed by atoms with Crippen molar-refractivity contribution in [1.29, 1.82) is 0 Å². The lowest BCUT2D eigenvalue weighted by Crippen LogP contribution is -2.25. The van der Waals surface area contributed by atoms with Gasteiger partial charge in [-0.25, -0.2) is 4.39 Å². The van der Waals surface area contributed by atoms with Gasteiger partial charge in [-0.05, 0) is 53.9 Å². The first-order valence-corrected chi connectivity index (χ1v) is 6.51. The van der Waals surface area contributed by atoms with Crippen LogP contribution in [0.1, 0.15) is 16.7 Å². The molecule has 2 aromatic carbocycles. The molecule has 0 fully saturated rings. The minimum Gasteiger partial charge on any atom is -0.489 e. The fraction of sp³-hybridized carbons (Fsp3) is 0.250. The third-order valence-electron chi connectivity index (χ3n) is 3.45. The second-order valence-electron chi connectivity index (χ2n) is 4.72. The second-order valence-corrected chi connectivity index (χ2v) is 4.72. The highest BCUT2D eigenvalue weighted by Crippen LogP contribution is 2.20. The number of ether oxygens (including phenoxy) is 1. The average molecular weight is 257 g/mol. The van der Waals surface area contributed by atoms with Crippen molar-refractivity contribution in [3.05, 3.63) is 65.0 Å². The fourth-order valence-corrected chi connectivity index (χ4v) is 2.41. The molecule has 0 unspecified atom stereocenters. The smallest absolute Gasteiger partial charge is 0.123 e. The van der Waals surface area contributed by atoms with Crippen molar-refractivity contribution < 1.29 is 9.13 Å². The van der Waals surface area contributed by atoms with Crippen LogP contribution in [0.25, 0.3) is 0 Å². The van der Waals surface area contributed by atoms with Gasteiger partial charge in [0.15, 0.2) is 0 Å². The first-order valence-electron chi connectivity index (χ1n) is 6.51. The van der Waals surface area contributed by atoms with E-state index in [2.05, 4.69) is 23.5 Å². The Morgan fingerprint density at radius 2 is 1.95 bits per heavy atom. The standard InChI is InChI=1S/C16H16FNO/c17-14-4-6-15(7-5-14)19-11-13-3-1-2-12-8-9-18-10-16(12)13/h1-7,18H,8-11H2. The maximum atomic E-state index is 12.8. The molecule has 2 aromatic rings. The number of halogens is 1. The van der Waals surface area contributed by atoms with Crippen molar-refractivity contribution in [2.75, 3.05) is 6.54 Å². The Bertz CT molecular complexity index is 565. The van der Waals surface area contributed by atoms with Crippen LogP contribution in [0.5, 0.6) is 5.75 Å². The molecule has 1 aliphatic rings. The number of nitrogens with one attached hydrogen (secondary N) is 1. The monoisotopic (exact) mass is 257 g/mol. The summed E-state index contributed by atoms with van der Waals surface area (Å²) in [6, 6.07) is 12.5. The van der Waals surface area contributed by atoms with Gasteiger partial charge in [-0.15, -0.1) is 0 Å². The largest absolute Gasteiger partial charge is 0.489 e. The molecule has 0 saturated heterocycles. The van der Waals surface area contributed by atoms with E-state index in [4.69, 9.17) is 4.74 Å². The van der Waals surface area contributed by atoms with Gasteiger partial charge in [0.25, 0.3) is 0 Å². The normalized spacial score (nSPS) is 13.9. The van der Waals surface area contributed by atoms with Crippen molar-refractivity contribution in [2.45, 2.75) is 19.6 Å². The Morgan fingerprint density at radius 3 is 2.79 bits per heavy atom. The van der Waals surface area contributed by atoms with E-state index in [1.807, 2.05) is 0 Å². The number of fused-ring (bicyclic) bond motifs is 1. The highest BCUT2D eigenvalue weighted by Gasteiger charge is 2.12. The molecule has 0 radical (unpaired) electrons. The first kappa shape index (κ1) is 12.2. The van der Waals surface area contributed by atoms with Crippen LogP contribution in [0.15, 0.2) is 42.5 Å². The van der Waals surface area contributed by atoms with Crippen LogP contribution in [-0.2, 0) is 19.6 Å². The summed E-state index contributed by atoms with van der Waals surface area (Å²) >= 11 is 0. The van der Waals surface area contributed by atoms with Crippen LogP contribution in [0, 0.1) is 5.82 Å². The lowest BCUT2D eigenvalue weighted by molar-refractivity contribution is 0.303. The Labute approximate surface area is 112 Å². The zero-order valence-electron chi connectivity index (χ0n) is 10.7. The minimum atomic E-state index is -0.242. The number of benzene rings is 2. The summed E-state index contributed by atoms with van der Waals surface area (Å²) in [5.74, 6) is 0.455. The Hall–Kier alpha value is -1.87. The highest BCUT2D eigenvalue weighted by atomic mass is 19.1. The quantitative estimate of drug-likeness (QED) is 0.912. The van der Waals surface area contributed by atoms with Gasteiger partial charge in [-0.3, -0.25) is 0 Å². The van der Waals surface area contributed by atoms with Gasteiger partial charge >= 0.3 is 0 Å². The average Bonchev–Trinajstić information content (AvgIpc) is 2.47. The van der Waals surface area contributed by atoms with E-state index >= 15 is 0 Å². The summed E-state index contributed by atoms with van der Waals surface area (Å²) in [5, 5.41) is 3.38. The summed E-state index contributed by atoms with van der Waals surface area (Å²) in [6.07, 6.45) is 1.07. The molecule has 2 nitrogen and oxygen atoms in total. The molecule has 98 valence electrons.